The minimum absolute atomic E-state index is 0.114. The van der Waals surface area contributed by atoms with Crippen molar-refractivity contribution in [2.75, 3.05) is 23.7 Å². The second kappa shape index (κ2) is 10.7. The lowest BCUT2D eigenvalue weighted by atomic mass is 9.90. The van der Waals surface area contributed by atoms with Gasteiger partial charge in [-0.1, -0.05) is 41.9 Å². The molecule has 5 rings (SSSR count). The Balaban J connectivity index is 1.37. The lowest BCUT2D eigenvalue weighted by Crippen LogP contribution is -2.50. The van der Waals surface area contributed by atoms with Gasteiger partial charge in [0.2, 0.25) is 5.91 Å². The molecule has 2 heterocycles. The van der Waals surface area contributed by atoms with Gasteiger partial charge in [-0.3, -0.25) is 20.2 Å². The van der Waals surface area contributed by atoms with Crippen molar-refractivity contribution < 1.29 is 29.0 Å². The van der Waals surface area contributed by atoms with E-state index in [0.717, 1.165) is 5.56 Å². The van der Waals surface area contributed by atoms with Crippen LogP contribution in [-0.4, -0.2) is 53.1 Å². The van der Waals surface area contributed by atoms with E-state index in [1.165, 1.54) is 24.3 Å². The SMILES string of the molecule is O=C(O)Nc1ccc(C(=O)N[C@@H](Cc2ccccc2)C(=O)N2CC[C@@]3(C2)OC(=O)Nc2ccc(Cl)cc23)cc1. The summed E-state index contributed by atoms with van der Waals surface area (Å²) < 4.78 is 5.75. The van der Waals surface area contributed by atoms with Crippen molar-refractivity contribution in [3.63, 3.8) is 0 Å². The van der Waals surface area contributed by atoms with Crippen molar-refractivity contribution in [3.8, 4) is 0 Å². The summed E-state index contributed by atoms with van der Waals surface area (Å²) in [6.07, 6.45) is -1.19. The van der Waals surface area contributed by atoms with E-state index in [2.05, 4.69) is 16.0 Å². The highest BCUT2D eigenvalue weighted by Crippen LogP contribution is 2.43. The van der Waals surface area contributed by atoms with Gasteiger partial charge in [0.05, 0.1) is 12.2 Å². The van der Waals surface area contributed by atoms with Gasteiger partial charge in [-0.25, -0.2) is 9.59 Å². The van der Waals surface area contributed by atoms with Crippen molar-refractivity contribution in [1.82, 2.24) is 10.2 Å². The van der Waals surface area contributed by atoms with E-state index in [1.807, 2.05) is 30.3 Å². The number of fused-ring (bicyclic) bond motifs is 2. The van der Waals surface area contributed by atoms with Gasteiger partial charge in [-0.05, 0) is 48.0 Å². The summed E-state index contributed by atoms with van der Waals surface area (Å²) in [4.78, 5) is 51.8. The van der Waals surface area contributed by atoms with E-state index in [0.29, 0.717) is 34.9 Å². The fraction of sp³-hybridized carbons (Fsp3) is 0.214. The van der Waals surface area contributed by atoms with E-state index < -0.39 is 29.7 Å². The van der Waals surface area contributed by atoms with Crippen LogP contribution < -0.4 is 16.0 Å². The summed E-state index contributed by atoms with van der Waals surface area (Å²) in [5, 5.41) is 17.1. The smallest absolute Gasteiger partial charge is 0.412 e. The molecule has 1 fully saturated rings. The van der Waals surface area contributed by atoms with Gasteiger partial charge >= 0.3 is 12.2 Å². The average molecular weight is 549 g/mol. The number of carbonyl (C=O) groups is 4. The van der Waals surface area contributed by atoms with Crippen LogP contribution in [-0.2, 0) is 21.6 Å². The van der Waals surface area contributed by atoms with Crippen molar-refractivity contribution in [3.05, 3.63) is 94.5 Å². The first-order chi connectivity index (χ1) is 18.7. The van der Waals surface area contributed by atoms with Crippen LogP contribution in [0.1, 0.15) is 27.9 Å². The Hall–Kier alpha value is -4.57. The third-order valence-electron chi connectivity index (χ3n) is 6.83. The number of nitrogens with one attached hydrogen (secondary N) is 3. The van der Waals surface area contributed by atoms with Crippen molar-refractivity contribution >= 4 is 47.0 Å². The van der Waals surface area contributed by atoms with Crippen LogP contribution in [0.2, 0.25) is 5.02 Å². The van der Waals surface area contributed by atoms with Crippen molar-refractivity contribution in [2.45, 2.75) is 24.5 Å². The van der Waals surface area contributed by atoms with E-state index in [1.54, 1.807) is 23.1 Å². The Morgan fingerprint density at radius 3 is 2.54 bits per heavy atom. The van der Waals surface area contributed by atoms with Gasteiger partial charge in [0.15, 0.2) is 5.60 Å². The van der Waals surface area contributed by atoms with Crippen molar-refractivity contribution in [1.29, 1.82) is 0 Å². The molecule has 2 aliphatic heterocycles. The van der Waals surface area contributed by atoms with Gasteiger partial charge < -0.3 is 20.1 Å². The number of carboxylic acid groups (broad SMARTS) is 1. The normalized spacial score (nSPS) is 18.5. The first-order valence-electron chi connectivity index (χ1n) is 12.3. The molecule has 3 aromatic rings. The summed E-state index contributed by atoms with van der Waals surface area (Å²) >= 11 is 6.24. The van der Waals surface area contributed by atoms with E-state index >= 15 is 0 Å². The number of amides is 4. The quantitative estimate of drug-likeness (QED) is 0.359. The molecule has 0 aromatic heterocycles. The largest absolute Gasteiger partial charge is 0.465 e. The number of carbonyl (C=O) groups excluding carboxylic acids is 3. The number of ether oxygens (including phenoxy) is 1. The van der Waals surface area contributed by atoms with Crippen LogP contribution in [0.15, 0.2) is 72.8 Å². The van der Waals surface area contributed by atoms with Crippen LogP contribution in [0.4, 0.5) is 21.0 Å². The highest BCUT2D eigenvalue weighted by Gasteiger charge is 2.49. The molecule has 0 unspecified atom stereocenters. The maximum atomic E-state index is 13.8. The third kappa shape index (κ3) is 5.65. The Labute approximate surface area is 228 Å². The molecule has 0 radical (unpaired) electrons. The molecule has 0 aliphatic carbocycles. The van der Waals surface area contributed by atoms with Gasteiger partial charge in [0.25, 0.3) is 5.91 Å². The Bertz CT molecular complexity index is 1430. The van der Waals surface area contributed by atoms with Gasteiger partial charge in [-0.15, -0.1) is 0 Å². The summed E-state index contributed by atoms with van der Waals surface area (Å²) in [5.74, 6) is -0.795. The van der Waals surface area contributed by atoms with Crippen LogP contribution >= 0.6 is 11.6 Å². The number of halogens is 1. The molecule has 10 nitrogen and oxygen atoms in total. The minimum atomic E-state index is -1.21. The summed E-state index contributed by atoms with van der Waals surface area (Å²) in [7, 11) is 0. The molecule has 39 heavy (non-hydrogen) atoms. The highest BCUT2D eigenvalue weighted by molar-refractivity contribution is 6.30. The number of benzene rings is 3. The molecule has 4 N–H and O–H groups in total. The molecule has 1 saturated heterocycles. The third-order valence-corrected chi connectivity index (χ3v) is 7.06. The number of nitrogens with zero attached hydrogens (tertiary/aromatic N) is 1. The zero-order valence-corrected chi connectivity index (χ0v) is 21.4. The molecule has 2 atom stereocenters. The average Bonchev–Trinajstić information content (AvgIpc) is 3.33. The van der Waals surface area contributed by atoms with E-state index in [4.69, 9.17) is 21.4 Å². The van der Waals surface area contributed by atoms with Crippen LogP contribution in [0, 0.1) is 0 Å². The standard InChI is InChI=1S/C28H25ClN4O6/c29-19-8-11-22-21(15-19)28(39-27(38)32-22)12-13-33(16-28)25(35)23(14-17-4-2-1-3-5-17)31-24(34)18-6-9-20(10-7-18)30-26(36)37/h1-11,15,23,30H,12-14,16H2,(H,31,34)(H,32,38)(H,36,37)/t23-,28-/m0/s1. The zero-order chi connectivity index (χ0) is 27.6. The Morgan fingerprint density at radius 1 is 1.08 bits per heavy atom. The fourth-order valence-corrected chi connectivity index (χ4v) is 5.16. The Morgan fingerprint density at radius 2 is 1.82 bits per heavy atom. The molecule has 200 valence electrons. The van der Waals surface area contributed by atoms with Crippen molar-refractivity contribution in [2.24, 2.45) is 0 Å². The summed E-state index contributed by atoms with van der Waals surface area (Å²) in [6.45, 7) is 0.429. The van der Waals surface area contributed by atoms with Crippen LogP contribution in [0.5, 0.6) is 0 Å². The number of anilines is 2. The lowest BCUT2D eigenvalue weighted by Gasteiger charge is -2.35. The molecular weight excluding hydrogens is 524 g/mol. The molecule has 4 amide bonds. The second-order valence-corrected chi connectivity index (χ2v) is 9.87. The predicted molar refractivity (Wildman–Crippen MR) is 144 cm³/mol. The number of likely N-dealkylation sites (tertiary alicyclic amines) is 1. The maximum Gasteiger partial charge on any atom is 0.412 e. The first-order valence-corrected chi connectivity index (χ1v) is 12.6. The van der Waals surface area contributed by atoms with Gasteiger partial charge in [0, 0.05) is 41.2 Å². The lowest BCUT2D eigenvalue weighted by molar-refractivity contribution is -0.133. The molecule has 11 heteroatoms. The monoisotopic (exact) mass is 548 g/mol. The molecule has 2 aliphatic rings. The van der Waals surface area contributed by atoms with Gasteiger partial charge in [-0.2, -0.15) is 0 Å². The molecule has 1 spiro atoms. The molecular formula is C28H25ClN4O6. The predicted octanol–water partition coefficient (Wildman–Crippen LogP) is 4.46. The molecule has 0 bridgehead atoms. The number of hydrogen-bond donors (Lipinski definition) is 4. The van der Waals surface area contributed by atoms with E-state index in [9.17, 15) is 19.2 Å². The van der Waals surface area contributed by atoms with Crippen LogP contribution in [0.3, 0.4) is 0 Å². The number of rotatable bonds is 6. The van der Waals surface area contributed by atoms with Gasteiger partial charge in [0.1, 0.15) is 6.04 Å². The highest BCUT2D eigenvalue weighted by atomic mass is 35.5. The minimum Gasteiger partial charge on any atom is -0.465 e. The summed E-state index contributed by atoms with van der Waals surface area (Å²) in [5.41, 5.74) is 1.67. The van der Waals surface area contributed by atoms with Crippen LogP contribution in [0.25, 0.3) is 0 Å². The zero-order valence-electron chi connectivity index (χ0n) is 20.6. The number of hydrogen-bond acceptors (Lipinski definition) is 5. The van der Waals surface area contributed by atoms with E-state index in [-0.39, 0.29) is 24.4 Å². The maximum absolute atomic E-state index is 13.8. The fourth-order valence-electron chi connectivity index (χ4n) is 4.98. The Kier molecular flexibility index (Phi) is 7.12. The molecule has 0 saturated carbocycles. The topological polar surface area (TPSA) is 137 Å². The second-order valence-electron chi connectivity index (χ2n) is 9.43. The summed E-state index contributed by atoms with van der Waals surface area (Å²) in [6, 6.07) is 19.4. The first kappa shape index (κ1) is 26.1. The molecule has 3 aromatic carbocycles.